The fourth-order valence-electron chi connectivity index (χ4n) is 4.17. The highest BCUT2D eigenvalue weighted by atomic mass is 31.2. The van der Waals surface area contributed by atoms with Crippen molar-refractivity contribution in [3.05, 3.63) is 125 Å². The van der Waals surface area contributed by atoms with E-state index in [1.807, 2.05) is 0 Å². The molecular formula is C29H30P+. The third-order valence-electron chi connectivity index (χ3n) is 6.00. The molecule has 150 valence electrons. The van der Waals surface area contributed by atoms with Crippen LogP contribution < -0.4 is 15.9 Å². The Balaban J connectivity index is 1.92. The molecule has 4 aromatic rings. The van der Waals surface area contributed by atoms with E-state index in [-0.39, 0.29) is 0 Å². The first-order chi connectivity index (χ1) is 14.6. The normalized spacial score (nSPS) is 11.4. The Bertz CT molecular complexity index is 965. The van der Waals surface area contributed by atoms with E-state index in [1.54, 1.807) is 0 Å². The van der Waals surface area contributed by atoms with Crippen molar-refractivity contribution in [2.24, 2.45) is 0 Å². The lowest BCUT2D eigenvalue weighted by molar-refractivity contribution is 1.15. The topological polar surface area (TPSA) is 0 Å². The van der Waals surface area contributed by atoms with Gasteiger partial charge in [-0.25, -0.2) is 0 Å². The van der Waals surface area contributed by atoms with Crippen LogP contribution in [-0.2, 0) is 6.42 Å². The van der Waals surface area contributed by atoms with Gasteiger partial charge in [-0.3, -0.25) is 0 Å². The molecule has 4 rings (SSSR count). The average Bonchev–Trinajstić information content (AvgIpc) is 2.78. The average molecular weight is 410 g/mol. The zero-order valence-corrected chi connectivity index (χ0v) is 19.1. The fraction of sp³-hybridized carbons (Fsp3) is 0.172. The molecule has 0 aliphatic carbocycles. The predicted octanol–water partition coefficient (Wildman–Crippen LogP) is 6.15. The molecule has 0 fully saturated rings. The number of hydrogen-bond acceptors (Lipinski definition) is 0. The standard InChI is InChI=1S/C29H30P/c1-23-9-15-27(16-10-23)30(28-17-11-24(2)12-18-28,29-19-13-25(3)14-20-29)22-21-26-7-5-4-6-8-26/h4-20H,21-22H2,1-3H3/q+1. The molecule has 0 aromatic heterocycles. The zero-order chi connectivity index (χ0) is 21.0. The minimum Gasteiger partial charge on any atom is -0.0622 e. The highest BCUT2D eigenvalue weighted by Gasteiger charge is 2.44. The molecular weight excluding hydrogens is 379 g/mol. The molecule has 0 saturated heterocycles. The van der Waals surface area contributed by atoms with E-state index in [1.165, 1.54) is 38.2 Å². The summed E-state index contributed by atoms with van der Waals surface area (Å²) in [4.78, 5) is 0. The van der Waals surface area contributed by atoms with E-state index in [9.17, 15) is 0 Å². The van der Waals surface area contributed by atoms with Crippen LogP contribution in [0.1, 0.15) is 22.3 Å². The minimum atomic E-state index is -1.78. The Morgan fingerprint density at radius 2 is 0.833 bits per heavy atom. The molecule has 0 nitrogen and oxygen atoms in total. The summed E-state index contributed by atoms with van der Waals surface area (Å²) in [6.45, 7) is 6.52. The SMILES string of the molecule is Cc1ccc([P+](CCc2ccccc2)(c2ccc(C)cc2)c2ccc(C)cc2)cc1. The van der Waals surface area contributed by atoms with Crippen molar-refractivity contribution in [2.75, 3.05) is 6.16 Å². The van der Waals surface area contributed by atoms with Crippen molar-refractivity contribution in [3.8, 4) is 0 Å². The first kappa shape index (κ1) is 20.6. The Morgan fingerprint density at radius 1 is 0.467 bits per heavy atom. The van der Waals surface area contributed by atoms with Crippen LogP contribution in [0, 0.1) is 20.8 Å². The highest BCUT2D eigenvalue weighted by Crippen LogP contribution is 2.55. The van der Waals surface area contributed by atoms with E-state index < -0.39 is 7.26 Å². The molecule has 0 N–H and O–H groups in total. The van der Waals surface area contributed by atoms with E-state index in [0.29, 0.717) is 0 Å². The second-order valence-electron chi connectivity index (χ2n) is 8.28. The summed E-state index contributed by atoms with van der Waals surface area (Å²) in [5, 5.41) is 4.41. The van der Waals surface area contributed by atoms with Gasteiger partial charge in [0.05, 0.1) is 6.16 Å². The molecule has 0 amide bonds. The molecule has 0 atom stereocenters. The molecule has 0 spiro atoms. The number of aryl methyl sites for hydroxylation is 4. The van der Waals surface area contributed by atoms with Crippen molar-refractivity contribution >= 4 is 23.2 Å². The van der Waals surface area contributed by atoms with Crippen LogP contribution >= 0.6 is 7.26 Å². The zero-order valence-electron chi connectivity index (χ0n) is 18.2. The van der Waals surface area contributed by atoms with Gasteiger partial charge in [-0.15, -0.1) is 0 Å². The van der Waals surface area contributed by atoms with Gasteiger partial charge < -0.3 is 0 Å². The second-order valence-corrected chi connectivity index (χ2v) is 11.9. The van der Waals surface area contributed by atoms with Crippen molar-refractivity contribution < 1.29 is 0 Å². The Morgan fingerprint density at radius 3 is 1.20 bits per heavy atom. The van der Waals surface area contributed by atoms with Gasteiger partial charge in [0.25, 0.3) is 0 Å². The smallest absolute Gasteiger partial charge is 0.0622 e. The van der Waals surface area contributed by atoms with Crippen molar-refractivity contribution in [1.82, 2.24) is 0 Å². The van der Waals surface area contributed by atoms with Gasteiger partial charge in [0.15, 0.2) is 0 Å². The van der Waals surface area contributed by atoms with Crippen molar-refractivity contribution in [3.63, 3.8) is 0 Å². The summed E-state index contributed by atoms with van der Waals surface area (Å²) in [5.74, 6) is 0. The summed E-state index contributed by atoms with van der Waals surface area (Å²) in [5.41, 5.74) is 5.35. The molecule has 0 saturated carbocycles. The molecule has 1 heteroatoms. The maximum absolute atomic E-state index is 2.37. The van der Waals surface area contributed by atoms with E-state index in [2.05, 4.69) is 124 Å². The molecule has 30 heavy (non-hydrogen) atoms. The van der Waals surface area contributed by atoms with Gasteiger partial charge in [-0.1, -0.05) is 83.4 Å². The lowest BCUT2D eigenvalue weighted by Gasteiger charge is -2.28. The summed E-state index contributed by atoms with van der Waals surface area (Å²) < 4.78 is 0. The first-order valence-electron chi connectivity index (χ1n) is 10.7. The summed E-state index contributed by atoms with van der Waals surface area (Å²) in [6, 6.07) is 38.8. The largest absolute Gasteiger partial charge is 0.112 e. The summed E-state index contributed by atoms with van der Waals surface area (Å²) in [7, 11) is -1.78. The predicted molar refractivity (Wildman–Crippen MR) is 134 cm³/mol. The fourth-order valence-corrected chi connectivity index (χ4v) is 8.41. The van der Waals surface area contributed by atoms with Gasteiger partial charge in [0, 0.05) is 6.42 Å². The molecule has 0 aliphatic heterocycles. The Labute approximate surface area is 182 Å². The molecule has 4 aromatic carbocycles. The first-order valence-corrected chi connectivity index (χ1v) is 12.7. The molecule has 0 aliphatic rings. The van der Waals surface area contributed by atoms with Crippen LogP contribution in [0.5, 0.6) is 0 Å². The number of benzene rings is 4. The molecule has 0 heterocycles. The third kappa shape index (κ3) is 4.25. The number of hydrogen-bond donors (Lipinski definition) is 0. The lowest BCUT2D eigenvalue weighted by Crippen LogP contribution is -2.34. The summed E-state index contributed by atoms with van der Waals surface area (Å²) >= 11 is 0. The van der Waals surface area contributed by atoms with Crippen LogP contribution in [0.4, 0.5) is 0 Å². The molecule has 0 radical (unpaired) electrons. The van der Waals surface area contributed by atoms with Crippen LogP contribution in [0.3, 0.4) is 0 Å². The maximum Gasteiger partial charge on any atom is 0.112 e. The Kier molecular flexibility index (Phi) is 6.16. The van der Waals surface area contributed by atoms with E-state index in [0.717, 1.165) is 12.6 Å². The van der Waals surface area contributed by atoms with Crippen LogP contribution in [-0.4, -0.2) is 6.16 Å². The monoisotopic (exact) mass is 409 g/mol. The van der Waals surface area contributed by atoms with Gasteiger partial charge in [-0.2, -0.15) is 0 Å². The van der Waals surface area contributed by atoms with Crippen molar-refractivity contribution in [1.29, 1.82) is 0 Å². The highest BCUT2D eigenvalue weighted by molar-refractivity contribution is 7.95. The molecule has 0 bridgehead atoms. The van der Waals surface area contributed by atoms with Gasteiger partial charge in [-0.05, 0) is 62.7 Å². The van der Waals surface area contributed by atoms with Crippen LogP contribution in [0.25, 0.3) is 0 Å². The third-order valence-corrected chi connectivity index (χ3v) is 10.4. The van der Waals surface area contributed by atoms with Crippen molar-refractivity contribution in [2.45, 2.75) is 27.2 Å². The minimum absolute atomic E-state index is 1.07. The number of rotatable bonds is 6. The quantitative estimate of drug-likeness (QED) is 0.335. The second kappa shape index (κ2) is 8.99. The Hall–Kier alpha value is -2.69. The van der Waals surface area contributed by atoms with E-state index >= 15 is 0 Å². The maximum atomic E-state index is 2.37. The lowest BCUT2D eigenvalue weighted by atomic mass is 10.2. The van der Waals surface area contributed by atoms with Gasteiger partial charge in [0.1, 0.15) is 23.2 Å². The van der Waals surface area contributed by atoms with Gasteiger partial charge >= 0.3 is 0 Å². The van der Waals surface area contributed by atoms with E-state index in [4.69, 9.17) is 0 Å². The molecule has 0 unspecified atom stereocenters. The van der Waals surface area contributed by atoms with Crippen LogP contribution in [0.15, 0.2) is 103 Å². The van der Waals surface area contributed by atoms with Gasteiger partial charge in [0.2, 0.25) is 0 Å². The summed E-state index contributed by atoms with van der Waals surface area (Å²) in [6.07, 6.45) is 2.20. The van der Waals surface area contributed by atoms with Crippen LogP contribution in [0.2, 0.25) is 0 Å².